The van der Waals surface area contributed by atoms with Gasteiger partial charge >= 0.3 is 6.03 Å². The largest absolute Gasteiger partial charge is 0.369 e. The van der Waals surface area contributed by atoms with E-state index >= 15 is 0 Å². The zero-order valence-electron chi connectivity index (χ0n) is 20.3. The SMILES string of the molecule is CC(C)CN(CC(C)C)c1ccc(C(C)/C(=N/N)NN)cc1NC(=O)Nc1ccc(F)cc1F. The molecule has 0 aromatic heterocycles. The highest BCUT2D eigenvalue weighted by atomic mass is 19.1. The molecule has 1 unspecified atom stereocenters. The van der Waals surface area contributed by atoms with Crippen LogP contribution in [0.2, 0.25) is 0 Å². The number of anilines is 3. The first-order valence-electron chi connectivity index (χ1n) is 11.2. The highest BCUT2D eigenvalue weighted by Gasteiger charge is 2.20. The van der Waals surface area contributed by atoms with E-state index < -0.39 is 17.7 Å². The van der Waals surface area contributed by atoms with Crippen LogP contribution in [0.5, 0.6) is 0 Å². The Morgan fingerprint density at radius 3 is 2.12 bits per heavy atom. The summed E-state index contributed by atoms with van der Waals surface area (Å²) in [6.07, 6.45) is 0. The van der Waals surface area contributed by atoms with Crippen LogP contribution in [-0.4, -0.2) is 25.0 Å². The molecule has 0 spiro atoms. The number of rotatable bonds is 9. The summed E-state index contributed by atoms with van der Waals surface area (Å²) in [6.45, 7) is 11.9. The van der Waals surface area contributed by atoms with E-state index in [1.807, 2.05) is 25.1 Å². The third kappa shape index (κ3) is 7.31. The Hall–Kier alpha value is -3.40. The topological polar surface area (TPSA) is 121 Å². The van der Waals surface area contributed by atoms with Crippen LogP contribution < -0.4 is 32.6 Å². The first-order valence-corrected chi connectivity index (χ1v) is 11.2. The predicted molar refractivity (Wildman–Crippen MR) is 135 cm³/mol. The van der Waals surface area contributed by atoms with Gasteiger partial charge in [-0.2, -0.15) is 5.10 Å². The molecule has 2 amide bonds. The summed E-state index contributed by atoms with van der Waals surface area (Å²) in [5.74, 6) is 10.2. The molecule has 34 heavy (non-hydrogen) atoms. The smallest absolute Gasteiger partial charge is 0.323 e. The van der Waals surface area contributed by atoms with Gasteiger partial charge in [-0.15, -0.1) is 0 Å². The van der Waals surface area contributed by atoms with Crippen molar-refractivity contribution in [3.05, 3.63) is 53.6 Å². The molecule has 0 heterocycles. The van der Waals surface area contributed by atoms with Crippen LogP contribution in [0.1, 0.15) is 46.1 Å². The molecule has 2 rings (SSSR count). The van der Waals surface area contributed by atoms with Crippen molar-refractivity contribution in [1.29, 1.82) is 0 Å². The third-order valence-corrected chi connectivity index (χ3v) is 5.16. The Balaban J connectivity index is 2.45. The molecule has 0 radical (unpaired) electrons. The summed E-state index contributed by atoms with van der Waals surface area (Å²) in [5, 5.41) is 8.94. The number of nitrogens with one attached hydrogen (secondary N) is 3. The maximum absolute atomic E-state index is 14.0. The van der Waals surface area contributed by atoms with Crippen LogP contribution in [0, 0.1) is 23.5 Å². The van der Waals surface area contributed by atoms with Crippen LogP contribution >= 0.6 is 0 Å². The van der Waals surface area contributed by atoms with Crippen molar-refractivity contribution in [3.63, 3.8) is 0 Å². The fourth-order valence-corrected chi connectivity index (χ4v) is 3.65. The number of hydrazone groups is 1. The highest BCUT2D eigenvalue weighted by Crippen LogP contribution is 2.32. The molecular formula is C24H35F2N7O. The molecular weight excluding hydrogens is 440 g/mol. The molecule has 0 fully saturated rings. The van der Waals surface area contributed by atoms with Gasteiger partial charge in [0.2, 0.25) is 0 Å². The Morgan fingerprint density at radius 1 is 0.971 bits per heavy atom. The maximum Gasteiger partial charge on any atom is 0.323 e. The van der Waals surface area contributed by atoms with Gasteiger partial charge in [0.1, 0.15) is 17.5 Å². The minimum atomic E-state index is -0.864. The Kier molecular flexibility index (Phi) is 9.61. The fourth-order valence-electron chi connectivity index (χ4n) is 3.65. The zero-order valence-corrected chi connectivity index (χ0v) is 20.3. The Bertz CT molecular complexity index is 1000. The molecule has 186 valence electrons. The van der Waals surface area contributed by atoms with E-state index in [0.29, 0.717) is 29.4 Å². The van der Waals surface area contributed by atoms with Gasteiger partial charge in [0.05, 0.1) is 17.1 Å². The van der Waals surface area contributed by atoms with Gasteiger partial charge in [-0.3, -0.25) is 0 Å². The molecule has 0 saturated carbocycles. The van der Waals surface area contributed by atoms with Gasteiger partial charge in [0, 0.05) is 25.1 Å². The van der Waals surface area contributed by atoms with Gasteiger partial charge in [0.15, 0.2) is 0 Å². The van der Waals surface area contributed by atoms with Crippen molar-refractivity contribution in [3.8, 4) is 0 Å². The van der Waals surface area contributed by atoms with E-state index in [-0.39, 0.29) is 11.6 Å². The number of nitrogens with zero attached hydrogens (tertiary/aromatic N) is 2. The minimum absolute atomic E-state index is 0.129. The lowest BCUT2D eigenvalue weighted by molar-refractivity contribution is 0.262. The lowest BCUT2D eigenvalue weighted by atomic mass is 9.98. The van der Waals surface area contributed by atoms with Crippen molar-refractivity contribution in [1.82, 2.24) is 5.43 Å². The molecule has 1 atom stereocenters. The molecule has 10 heteroatoms. The number of amidine groups is 1. The molecule has 2 aromatic carbocycles. The summed E-state index contributed by atoms with van der Waals surface area (Å²) in [6, 6.07) is 7.97. The summed E-state index contributed by atoms with van der Waals surface area (Å²) >= 11 is 0. The van der Waals surface area contributed by atoms with Crippen LogP contribution in [0.25, 0.3) is 0 Å². The van der Waals surface area contributed by atoms with E-state index in [2.05, 4.69) is 53.8 Å². The number of urea groups is 1. The number of carbonyl (C=O) groups is 1. The normalized spacial score (nSPS) is 12.6. The summed E-state index contributed by atoms with van der Waals surface area (Å²) in [4.78, 5) is 15.0. The van der Waals surface area contributed by atoms with Crippen molar-refractivity contribution >= 4 is 28.9 Å². The van der Waals surface area contributed by atoms with Gasteiger partial charge in [-0.25, -0.2) is 19.4 Å². The number of halogens is 2. The first kappa shape index (κ1) is 26.8. The van der Waals surface area contributed by atoms with Gasteiger partial charge < -0.3 is 26.8 Å². The molecule has 8 nitrogen and oxygen atoms in total. The second-order valence-electron chi connectivity index (χ2n) is 9.05. The van der Waals surface area contributed by atoms with E-state index in [4.69, 9.17) is 11.7 Å². The molecule has 7 N–H and O–H groups in total. The summed E-state index contributed by atoms with van der Waals surface area (Å²) in [5.41, 5.74) is 4.51. The van der Waals surface area contributed by atoms with Crippen molar-refractivity contribution in [2.75, 3.05) is 28.6 Å². The Morgan fingerprint density at radius 2 is 1.59 bits per heavy atom. The number of hydrazine groups is 1. The van der Waals surface area contributed by atoms with Crippen molar-refractivity contribution in [2.24, 2.45) is 28.6 Å². The number of benzene rings is 2. The lowest BCUT2D eigenvalue weighted by Gasteiger charge is -2.31. The molecule has 0 bridgehead atoms. The van der Waals surface area contributed by atoms with Crippen LogP contribution in [0.3, 0.4) is 0 Å². The minimum Gasteiger partial charge on any atom is -0.369 e. The number of carbonyl (C=O) groups excluding carboxylic acids is 1. The fraction of sp³-hybridized carbons (Fsp3) is 0.417. The predicted octanol–water partition coefficient (Wildman–Crippen LogP) is 4.57. The summed E-state index contributed by atoms with van der Waals surface area (Å²) in [7, 11) is 0. The van der Waals surface area contributed by atoms with Crippen LogP contribution in [-0.2, 0) is 0 Å². The van der Waals surface area contributed by atoms with E-state index in [0.717, 1.165) is 30.4 Å². The molecule has 2 aromatic rings. The zero-order chi connectivity index (χ0) is 25.4. The van der Waals surface area contributed by atoms with Crippen molar-refractivity contribution < 1.29 is 13.6 Å². The maximum atomic E-state index is 14.0. The molecule has 0 aliphatic heterocycles. The van der Waals surface area contributed by atoms with Crippen LogP contribution in [0.15, 0.2) is 41.5 Å². The summed E-state index contributed by atoms with van der Waals surface area (Å²) < 4.78 is 27.3. The standard InChI is InChI=1S/C24H35F2N7O/c1-14(2)12-33(13-15(3)4)22-9-6-17(16(5)23(31-27)32-28)10-21(22)30-24(34)29-20-8-7-18(25)11-19(20)26/h6-11,14-16H,12-13,27-28H2,1-5H3,(H,31,32)(H2,29,30,34). The molecule has 0 aliphatic rings. The van der Waals surface area contributed by atoms with Crippen molar-refractivity contribution in [2.45, 2.75) is 40.5 Å². The highest BCUT2D eigenvalue weighted by molar-refractivity contribution is 6.02. The van der Waals surface area contributed by atoms with E-state index in [1.54, 1.807) is 0 Å². The number of hydrogen-bond acceptors (Lipinski definition) is 5. The number of amides is 2. The average molecular weight is 476 g/mol. The second-order valence-corrected chi connectivity index (χ2v) is 9.05. The monoisotopic (exact) mass is 475 g/mol. The van der Waals surface area contributed by atoms with Gasteiger partial charge in [0.25, 0.3) is 0 Å². The molecule has 0 saturated heterocycles. The first-order chi connectivity index (χ1) is 16.0. The Labute approximate surface area is 199 Å². The average Bonchev–Trinajstić information content (AvgIpc) is 2.75. The lowest BCUT2D eigenvalue weighted by Crippen LogP contribution is -2.35. The molecule has 0 aliphatic carbocycles. The van der Waals surface area contributed by atoms with E-state index in [9.17, 15) is 13.6 Å². The third-order valence-electron chi connectivity index (χ3n) is 5.16. The van der Waals surface area contributed by atoms with Crippen LogP contribution in [0.4, 0.5) is 30.6 Å². The van der Waals surface area contributed by atoms with Gasteiger partial charge in [-0.05, 0) is 41.7 Å². The number of hydrogen-bond donors (Lipinski definition) is 5. The number of nitrogens with two attached hydrogens (primary N) is 2. The van der Waals surface area contributed by atoms with E-state index in [1.165, 1.54) is 6.07 Å². The second kappa shape index (κ2) is 12.2. The van der Waals surface area contributed by atoms with Gasteiger partial charge in [-0.1, -0.05) is 40.7 Å². The quantitative estimate of drug-likeness (QED) is 0.157.